The molecule has 0 saturated heterocycles. The fourth-order valence-electron chi connectivity index (χ4n) is 14.6. The van der Waals surface area contributed by atoms with Crippen LogP contribution in [0.4, 0.5) is 17.1 Å². The van der Waals surface area contributed by atoms with Gasteiger partial charge >= 0.3 is 0 Å². The van der Waals surface area contributed by atoms with Gasteiger partial charge in [-0.05, 0) is 142 Å². The predicted molar refractivity (Wildman–Crippen MR) is 371 cm³/mol. The Bertz CT molecular complexity index is 5530. The Morgan fingerprint density at radius 3 is 1.03 bits per heavy atom. The topological polar surface area (TPSA) is 13.1 Å². The molecule has 0 atom stereocenters. The summed E-state index contributed by atoms with van der Waals surface area (Å²) in [5.41, 5.74) is 17.3. The van der Waals surface area contributed by atoms with Crippen molar-refractivity contribution in [3.05, 3.63) is 322 Å². The second-order valence-electron chi connectivity index (χ2n) is 23.1. The van der Waals surface area contributed by atoms with E-state index in [9.17, 15) is 0 Å². The number of anilines is 3. The third-order valence-electron chi connectivity index (χ3n) is 18.5. The zero-order valence-corrected chi connectivity index (χ0v) is 47.4. The van der Waals surface area contributed by atoms with E-state index in [-0.39, 0.29) is 0 Å². The minimum atomic E-state index is 1.06. The summed E-state index contributed by atoms with van der Waals surface area (Å²) in [5.74, 6) is 0. The molecule has 0 N–H and O–H groups in total. The highest BCUT2D eigenvalue weighted by Gasteiger charge is 2.24. The standard InChI is InChI=1S/C84H53N3/c1-3-21-59-54(19-1)41-46-68-62(59)31-17-33-64(68)70-49-51-82(72-25-7-5-23-66(70)72)85(83-52-50-71(67-24-6-8-26-73(67)83)65-34-18-32-63-60-22-4-2-20-55(60)42-47-69(63)65)57-43-39-56(40-44-57)61-48-45-58(86-78-35-13-9-27-74(78)75-28-10-14-36-79(75)86)53-84(61)87-80-37-15-11-29-76(80)77-30-12-16-38-81(77)87/h1-53H. The Balaban J connectivity index is 0.856. The lowest BCUT2D eigenvalue weighted by Gasteiger charge is -2.29. The van der Waals surface area contributed by atoms with E-state index in [4.69, 9.17) is 0 Å². The third kappa shape index (κ3) is 7.56. The van der Waals surface area contributed by atoms with Gasteiger partial charge in [-0.15, -0.1) is 0 Å². The maximum Gasteiger partial charge on any atom is 0.0561 e. The molecule has 0 spiro atoms. The smallest absolute Gasteiger partial charge is 0.0561 e. The number of para-hydroxylation sites is 4. The molecule has 0 saturated carbocycles. The number of benzene rings is 16. The first-order valence-electron chi connectivity index (χ1n) is 30.1. The van der Waals surface area contributed by atoms with E-state index in [1.54, 1.807) is 0 Å². The Labute approximate surface area is 502 Å². The number of hydrogen-bond acceptors (Lipinski definition) is 1. The summed E-state index contributed by atoms with van der Waals surface area (Å²) in [7, 11) is 0. The Morgan fingerprint density at radius 1 is 0.207 bits per heavy atom. The maximum atomic E-state index is 2.51. The second-order valence-corrected chi connectivity index (χ2v) is 23.1. The molecule has 0 amide bonds. The van der Waals surface area contributed by atoms with Gasteiger partial charge in [-0.25, -0.2) is 0 Å². The first-order chi connectivity index (χ1) is 43.2. The highest BCUT2D eigenvalue weighted by atomic mass is 15.1. The van der Waals surface area contributed by atoms with Crippen molar-refractivity contribution in [1.82, 2.24) is 9.13 Å². The fraction of sp³-hybridized carbons (Fsp3) is 0. The fourth-order valence-corrected chi connectivity index (χ4v) is 14.6. The molecule has 0 aliphatic rings. The predicted octanol–water partition coefficient (Wildman–Crippen LogP) is 23.3. The lowest BCUT2D eigenvalue weighted by Crippen LogP contribution is -2.11. The number of hydrogen-bond donors (Lipinski definition) is 0. The molecule has 3 heteroatoms. The van der Waals surface area contributed by atoms with Gasteiger partial charge in [0, 0.05) is 49.3 Å². The van der Waals surface area contributed by atoms with Crippen LogP contribution in [0.25, 0.3) is 153 Å². The van der Waals surface area contributed by atoms with E-state index in [0.29, 0.717) is 0 Å². The minimum Gasteiger partial charge on any atom is -0.309 e. The molecule has 87 heavy (non-hydrogen) atoms. The first kappa shape index (κ1) is 49.0. The van der Waals surface area contributed by atoms with Crippen LogP contribution in [0.1, 0.15) is 0 Å². The van der Waals surface area contributed by atoms with Crippen molar-refractivity contribution < 1.29 is 0 Å². The zero-order valence-electron chi connectivity index (χ0n) is 47.4. The molecule has 18 aromatic rings. The van der Waals surface area contributed by atoms with E-state index in [0.717, 1.165) is 39.6 Å². The lowest BCUT2D eigenvalue weighted by molar-refractivity contribution is 1.13. The van der Waals surface area contributed by atoms with Crippen LogP contribution in [0.15, 0.2) is 322 Å². The molecule has 0 fully saturated rings. The highest BCUT2D eigenvalue weighted by molar-refractivity contribution is 6.19. The molecule has 0 bridgehead atoms. The van der Waals surface area contributed by atoms with Gasteiger partial charge in [0.2, 0.25) is 0 Å². The summed E-state index contributed by atoms with van der Waals surface area (Å²) in [6.07, 6.45) is 0. The molecular weight excluding hydrogens is 1050 g/mol. The van der Waals surface area contributed by atoms with Crippen LogP contribution < -0.4 is 4.90 Å². The van der Waals surface area contributed by atoms with Gasteiger partial charge in [-0.1, -0.05) is 261 Å². The molecule has 3 nitrogen and oxygen atoms in total. The molecule has 0 unspecified atom stereocenters. The van der Waals surface area contributed by atoms with Gasteiger partial charge in [0.1, 0.15) is 0 Å². The van der Waals surface area contributed by atoms with Gasteiger partial charge in [0.25, 0.3) is 0 Å². The monoisotopic (exact) mass is 1100 g/mol. The molecule has 18 rings (SSSR count). The SMILES string of the molecule is c1ccc2c(c1)ccc1c(-c3ccc(N(c4ccc(-c5ccc(-n6c7ccccc7c7ccccc76)cc5-n5c6ccccc6c6ccccc65)cc4)c4ccc(-c5cccc6c5ccc5ccccc56)c5ccccc45)c4ccccc34)cccc12. The van der Waals surface area contributed by atoms with Crippen molar-refractivity contribution >= 4 is 125 Å². The molecule has 2 aromatic heterocycles. The molecule has 2 heterocycles. The van der Waals surface area contributed by atoms with Crippen molar-refractivity contribution in [3.8, 4) is 44.8 Å². The largest absolute Gasteiger partial charge is 0.309 e. The van der Waals surface area contributed by atoms with Crippen molar-refractivity contribution in [1.29, 1.82) is 0 Å². The van der Waals surface area contributed by atoms with E-state index in [1.807, 2.05) is 0 Å². The average molecular weight is 1100 g/mol. The van der Waals surface area contributed by atoms with Gasteiger partial charge in [-0.3, -0.25) is 0 Å². The number of aromatic nitrogens is 2. The van der Waals surface area contributed by atoms with Crippen LogP contribution >= 0.6 is 0 Å². The maximum absolute atomic E-state index is 2.51. The van der Waals surface area contributed by atoms with Crippen molar-refractivity contribution in [2.45, 2.75) is 0 Å². The van der Waals surface area contributed by atoms with Crippen LogP contribution in [0.2, 0.25) is 0 Å². The van der Waals surface area contributed by atoms with Crippen LogP contribution in [0.5, 0.6) is 0 Å². The quantitative estimate of drug-likeness (QED) is 0.138. The van der Waals surface area contributed by atoms with Crippen molar-refractivity contribution in [3.63, 3.8) is 0 Å². The van der Waals surface area contributed by atoms with E-state index in [1.165, 1.54) is 131 Å². The molecule has 0 radical (unpaired) electrons. The van der Waals surface area contributed by atoms with Crippen LogP contribution in [-0.4, -0.2) is 9.13 Å². The van der Waals surface area contributed by atoms with Crippen molar-refractivity contribution in [2.75, 3.05) is 4.90 Å². The zero-order chi connectivity index (χ0) is 57.1. The van der Waals surface area contributed by atoms with Crippen LogP contribution in [0, 0.1) is 0 Å². The van der Waals surface area contributed by atoms with Gasteiger partial charge in [-0.2, -0.15) is 0 Å². The number of nitrogens with zero attached hydrogens (tertiary/aromatic N) is 3. The molecule has 404 valence electrons. The third-order valence-corrected chi connectivity index (χ3v) is 18.5. The summed E-state index contributed by atoms with van der Waals surface area (Å²) in [5, 5.41) is 19.7. The van der Waals surface area contributed by atoms with Crippen LogP contribution in [-0.2, 0) is 0 Å². The second kappa shape index (κ2) is 19.5. The first-order valence-corrected chi connectivity index (χ1v) is 30.1. The summed E-state index contributed by atoms with van der Waals surface area (Å²) in [6, 6.07) is 119. The van der Waals surface area contributed by atoms with E-state index < -0.39 is 0 Å². The molecule has 0 aliphatic heterocycles. The van der Waals surface area contributed by atoms with Gasteiger partial charge < -0.3 is 14.0 Å². The number of rotatable bonds is 8. The number of fused-ring (bicyclic) bond motifs is 14. The average Bonchev–Trinajstić information content (AvgIpc) is 2.52. The van der Waals surface area contributed by atoms with Gasteiger partial charge in [0.05, 0.1) is 39.1 Å². The Morgan fingerprint density at radius 2 is 0.563 bits per heavy atom. The Kier molecular flexibility index (Phi) is 11.0. The summed E-state index contributed by atoms with van der Waals surface area (Å²) in [4.78, 5) is 2.51. The Hall–Kier alpha value is -11.5. The summed E-state index contributed by atoms with van der Waals surface area (Å²) in [6.45, 7) is 0. The van der Waals surface area contributed by atoms with Crippen LogP contribution in [0.3, 0.4) is 0 Å². The minimum absolute atomic E-state index is 1.06. The van der Waals surface area contributed by atoms with E-state index >= 15 is 0 Å². The van der Waals surface area contributed by atoms with E-state index in [2.05, 4.69) is 336 Å². The molecule has 0 aliphatic carbocycles. The highest BCUT2D eigenvalue weighted by Crippen LogP contribution is 2.49. The normalized spacial score (nSPS) is 11.9. The lowest BCUT2D eigenvalue weighted by atomic mass is 9.90. The van der Waals surface area contributed by atoms with Gasteiger partial charge in [0.15, 0.2) is 0 Å². The summed E-state index contributed by atoms with van der Waals surface area (Å²) >= 11 is 0. The molecule has 16 aromatic carbocycles. The molecular formula is C84H53N3. The van der Waals surface area contributed by atoms with Crippen molar-refractivity contribution in [2.24, 2.45) is 0 Å². The summed E-state index contributed by atoms with van der Waals surface area (Å²) < 4.78 is 4.91.